The van der Waals surface area contributed by atoms with Gasteiger partial charge in [-0.1, -0.05) is 58.0 Å². The maximum atomic E-state index is 13.4. The second-order valence-electron chi connectivity index (χ2n) is 8.68. The van der Waals surface area contributed by atoms with Crippen LogP contribution in [0.3, 0.4) is 0 Å². The minimum atomic E-state index is -0.560. The number of nitrogens with zero attached hydrogens (tertiary/aromatic N) is 3. The zero-order valence-electron chi connectivity index (χ0n) is 19.1. The van der Waals surface area contributed by atoms with Gasteiger partial charge in [0.25, 0.3) is 5.91 Å². The van der Waals surface area contributed by atoms with Crippen LogP contribution in [0.5, 0.6) is 0 Å². The molecule has 0 spiro atoms. The number of hydrogen-bond acceptors (Lipinski definition) is 4. The number of likely N-dealkylation sites (N-methyl/N-ethyl adjacent to an activating group) is 2. The molecule has 0 saturated carbocycles. The summed E-state index contributed by atoms with van der Waals surface area (Å²) in [4.78, 5) is 19.5. The van der Waals surface area contributed by atoms with Crippen LogP contribution in [0.2, 0.25) is 0 Å². The second-order valence-corrected chi connectivity index (χ2v) is 8.68. The normalized spacial score (nSPS) is 21.7. The highest BCUT2D eigenvalue weighted by Crippen LogP contribution is 2.27. The van der Waals surface area contributed by atoms with Crippen molar-refractivity contribution >= 4 is 5.91 Å². The van der Waals surface area contributed by atoms with E-state index in [4.69, 9.17) is 0 Å². The van der Waals surface area contributed by atoms with Gasteiger partial charge < -0.3 is 19.8 Å². The Morgan fingerprint density at radius 1 is 1.21 bits per heavy atom. The van der Waals surface area contributed by atoms with Crippen LogP contribution in [-0.2, 0) is 11.2 Å². The number of aliphatic hydroxyl groups excluding tert-OH is 1. The first-order chi connectivity index (χ1) is 13.8. The number of benzene rings is 1. The maximum absolute atomic E-state index is 13.4. The summed E-state index contributed by atoms with van der Waals surface area (Å²) in [5, 5.41) is 10.0. The standard InChI is InChI=1S/C24H39N3O2/c1-7-26(8-2)15-16-27-23(29)22(25(6)17-24(27,5)18-28)14-11-20-9-12-21(13-10-20)19(3)4/h9-10,12-14,19,28H,7-8,11,15-18H2,1-6H3/b22-14-. The molecule has 0 bridgehead atoms. The van der Waals surface area contributed by atoms with Gasteiger partial charge in [-0.3, -0.25) is 4.79 Å². The lowest BCUT2D eigenvalue weighted by Crippen LogP contribution is -2.64. The highest BCUT2D eigenvalue weighted by molar-refractivity contribution is 5.94. The summed E-state index contributed by atoms with van der Waals surface area (Å²) >= 11 is 0. The van der Waals surface area contributed by atoms with Crippen molar-refractivity contribution in [3.05, 3.63) is 47.2 Å². The van der Waals surface area contributed by atoms with E-state index in [9.17, 15) is 9.90 Å². The predicted molar refractivity (Wildman–Crippen MR) is 120 cm³/mol. The number of amides is 1. The number of carbonyl (C=O) groups is 1. The SMILES string of the molecule is CCN(CC)CCN1C(=O)/C(=C/Cc2ccc(C(C)C)cc2)N(C)CC1(C)CO. The van der Waals surface area contributed by atoms with Crippen molar-refractivity contribution in [3.63, 3.8) is 0 Å². The largest absolute Gasteiger partial charge is 0.394 e. The Balaban J connectivity index is 2.18. The zero-order valence-corrected chi connectivity index (χ0v) is 19.1. The highest BCUT2D eigenvalue weighted by atomic mass is 16.3. The van der Waals surface area contributed by atoms with E-state index in [1.807, 2.05) is 29.8 Å². The fourth-order valence-corrected chi connectivity index (χ4v) is 4.01. The Hall–Kier alpha value is -1.85. The summed E-state index contributed by atoms with van der Waals surface area (Å²) in [6.07, 6.45) is 2.76. The molecule has 0 aromatic heterocycles. The van der Waals surface area contributed by atoms with E-state index in [2.05, 4.69) is 56.9 Å². The van der Waals surface area contributed by atoms with E-state index in [0.717, 1.165) is 31.8 Å². The van der Waals surface area contributed by atoms with Crippen molar-refractivity contribution < 1.29 is 9.90 Å². The Morgan fingerprint density at radius 3 is 2.34 bits per heavy atom. The Labute approximate surface area is 177 Å². The first-order valence-electron chi connectivity index (χ1n) is 10.9. The molecule has 1 atom stereocenters. The van der Waals surface area contributed by atoms with Crippen LogP contribution in [0.1, 0.15) is 51.7 Å². The second kappa shape index (κ2) is 10.3. The molecule has 1 unspecified atom stereocenters. The van der Waals surface area contributed by atoms with Crippen LogP contribution in [0, 0.1) is 0 Å². The third-order valence-corrected chi connectivity index (χ3v) is 6.16. The van der Waals surface area contributed by atoms with Crippen LogP contribution >= 0.6 is 0 Å². The van der Waals surface area contributed by atoms with Gasteiger partial charge in [0, 0.05) is 26.7 Å². The minimum Gasteiger partial charge on any atom is -0.394 e. The van der Waals surface area contributed by atoms with Crippen molar-refractivity contribution in [3.8, 4) is 0 Å². The number of rotatable bonds is 9. The van der Waals surface area contributed by atoms with Crippen molar-refractivity contribution in [1.29, 1.82) is 0 Å². The third-order valence-electron chi connectivity index (χ3n) is 6.16. The van der Waals surface area contributed by atoms with Gasteiger partial charge in [0.05, 0.1) is 17.8 Å². The van der Waals surface area contributed by atoms with Gasteiger partial charge >= 0.3 is 0 Å². The first-order valence-corrected chi connectivity index (χ1v) is 10.9. The molecule has 1 aliphatic rings. The fraction of sp³-hybridized carbons (Fsp3) is 0.625. The molecule has 1 saturated heterocycles. The smallest absolute Gasteiger partial charge is 0.270 e. The molecule has 1 N–H and O–H groups in total. The van der Waals surface area contributed by atoms with E-state index >= 15 is 0 Å². The van der Waals surface area contributed by atoms with Gasteiger partial charge in [-0.15, -0.1) is 0 Å². The van der Waals surface area contributed by atoms with Gasteiger partial charge in [-0.2, -0.15) is 0 Å². The van der Waals surface area contributed by atoms with Gasteiger partial charge in [0.2, 0.25) is 0 Å². The summed E-state index contributed by atoms with van der Waals surface area (Å²) in [5.74, 6) is 0.533. The molecule has 1 aliphatic heterocycles. The molecule has 1 heterocycles. The molecule has 1 aromatic rings. The van der Waals surface area contributed by atoms with Crippen LogP contribution in [-0.4, -0.2) is 77.6 Å². The summed E-state index contributed by atoms with van der Waals surface area (Å²) in [7, 11) is 1.95. The first kappa shape index (κ1) is 23.4. The highest BCUT2D eigenvalue weighted by Gasteiger charge is 2.42. The van der Waals surface area contributed by atoms with E-state index in [1.165, 1.54) is 11.1 Å². The topological polar surface area (TPSA) is 47.0 Å². The van der Waals surface area contributed by atoms with Crippen molar-refractivity contribution in [2.45, 2.75) is 52.5 Å². The van der Waals surface area contributed by atoms with Crippen LogP contribution < -0.4 is 0 Å². The maximum Gasteiger partial charge on any atom is 0.270 e. The average Bonchev–Trinajstić information content (AvgIpc) is 2.70. The van der Waals surface area contributed by atoms with Crippen LogP contribution in [0.15, 0.2) is 36.0 Å². The van der Waals surface area contributed by atoms with Crippen LogP contribution in [0.4, 0.5) is 0 Å². The molecule has 5 heteroatoms. The molecule has 1 amide bonds. The lowest BCUT2D eigenvalue weighted by atomic mass is 9.95. The quantitative estimate of drug-likeness (QED) is 0.646. The minimum absolute atomic E-state index is 0.0151. The number of aliphatic hydroxyl groups is 1. The van der Waals surface area contributed by atoms with Crippen LogP contribution in [0.25, 0.3) is 0 Å². The Kier molecular flexibility index (Phi) is 8.29. The lowest BCUT2D eigenvalue weighted by Gasteiger charge is -2.49. The summed E-state index contributed by atoms with van der Waals surface area (Å²) in [5.41, 5.74) is 2.69. The molecule has 1 fully saturated rings. The van der Waals surface area contributed by atoms with Crippen molar-refractivity contribution in [2.75, 3.05) is 46.4 Å². The number of hydrogen-bond donors (Lipinski definition) is 1. The summed E-state index contributed by atoms with van der Waals surface area (Å²) in [6.45, 7) is 14.6. The molecule has 0 radical (unpaired) electrons. The fourth-order valence-electron chi connectivity index (χ4n) is 4.01. The van der Waals surface area contributed by atoms with Gasteiger partial charge in [-0.05, 0) is 43.5 Å². The molecule has 5 nitrogen and oxygen atoms in total. The third kappa shape index (κ3) is 5.61. The van der Waals surface area contributed by atoms with E-state index in [0.29, 0.717) is 19.0 Å². The predicted octanol–water partition coefficient (Wildman–Crippen LogP) is 3.10. The summed E-state index contributed by atoms with van der Waals surface area (Å²) in [6, 6.07) is 8.64. The number of allylic oxidation sites excluding steroid dienone is 1. The molecule has 29 heavy (non-hydrogen) atoms. The molecular weight excluding hydrogens is 362 g/mol. The van der Waals surface area contributed by atoms with E-state index in [-0.39, 0.29) is 12.5 Å². The molecule has 2 rings (SSSR count). The zero-order chi connectivity index (χ0) is 21.6. The van der Waals surface area contributed by atoms with Crippen molar-refractivity contribution in [1.82, 2.24) is 14.7 Å². The summed E-state index contributed by atoms with van der Waals surface area (Å²) < 4.78 is 0. The molecule has 162 valence electrons. The van der Waals surface area contributed by atoms with Crippen molar-refractivity contribution in [2.24, 2.45) is 0 Å². The van der Waals surface area contributed by atoms with Gasteiger partial charge in [0.1, 0.15) is 0 Å². The average molecular weight is 402 g/mol. The monoisotopic (exact) mass is 401 g/mol. The van der Waals surface area contributed by atoms with E-state index < -0.39 is 5.54 Å². The molecule has 1 aromatic carbocycles. The van der Waals surface area contributed by atoms with E-state index in [1.54, 1.807) is 0 Å². The Morgan fingerprint density at radius 2 is 1.83 bits per heavy atom. The molecule has 0 aliphatic carbocycles. The number of piperazine rings is 1. The lowest BCUT2D eigenvalue weighted by molar-refractivity contribution is -0.142. The number of carbonyl (C=O) groups excluding carboxylic acids is 1. The van der Waals surface area contributed by atoms with Gasteiger partial charge in [-0.25, -0.2) is 0 Å². The van der Waals surface area contributed by atoms with Gasteiger partial charge in [0.15, 0.2) is 0 Å². The molecular formula is C24H39N3O2. The Bertz CT molecular complexity index is 695.